The van der Waals surface area contributed by atoms with E-state index >= 15 is 0 Å². The Morgan fingerprint density at radius 2 is 1.81 bits per heavy atom. The monoisotopic (exact) mass is 497 g/mol. The number of ketones is 1. The van der Waals surface area contributed by atoms with Crippen LogP contribution in [-0.4, -0.2) is 46.6 Å². The summed E-state index contributed by atoms with van der Waals surface area (Å²) in [7, 11) is 0. The van der Waals surface area contributed by atoms with E-state index in [1.807, 2.05) is 31.2 Å². The molecule has 0 spiro atoms. The molecule has 7 nitrogen and oxygen atoms in total. The maximum atomic E-state index is 13.4. The fourth-order valence-corrected chi connectivity index (χ4v) is 4.35. The van der Waals surface area contributed by atoms with E-state index in [2.05, 4.69) is 9.47 Å². The number of aryl methyl sites for hydroxylation is 1. The van der Waals surface area contributed by atoms with Crippen LogP contribution in [0.5, 0.6) is 17.2 Å². The minimum Gasteiger partial charge on any atom is -0.491 e. The van der Waals surface area contributed by atoms with Crippen molar-refractivity contribution in [2.75, 3.05) is 13.2 Å². The van der Waals surface area contributed by atoms with Gasteiger partial charge in [-0.2, -0.15) is 0 Å². The van der Waals surface area contributed by atoms with E-state index in [1.165, 1.54) is 12.1 Å². The molecule has 0 bridgehead atoms. The molecule has 5 rings (SSSR count). The Morgan fingerprint density at radius 1 is 1.08 bits per heavy atom. The topological polar surface area (TPSA) is 98.1 Å². The zero-order valence-electron chi connectivity index (χ0n) is 19.5. The highest BCUT2D eigenvalue weighted by atomic mass is 19.3. The number of nitrogens with zero attached hydrogens (tertiary/aromatic N) is 1. The number of carbonyl (C=O) groups is 1. The van der Waals surface area contributed by atoms with Crippen molar-refractivity contribution in [2.45, 2.75) is 44.0 Å². The highest BCUT2D eigenvalue weighted by Gasteiger charge is 2.52. The van der Waals surface area contributed by atoms with E-state index in [9.17, 15) is 18.7 Å². The lowest BCUT2D eigenvalue weighted by atomic mass is 9.88. The van der Waals surface area contributed by atoms with E-state index in [4.69, 9.17) is 14.8 Å². The lowest BCUT2D eigenvalue weighted by molar-refractivity contribution is -0.286. The zero-order valence-corrected chi connectivity index (χ0v) is 19.5. The minimum absolute atomic E-state index is 0.0156. The van der Waals surface area contributed by atoms with Gasteiger partial charge in [-0.1, -0.05) is 12.1 Å². The van der Waals surface area contributed by atoms with Gasteiger partial charge in [0.1, 0.15) is 24.2 Å². The third kappa shape index (κ3) is 4.76. The molecule has 1 aromatic heterocycles. The summed E-state index contributed by atoms with van der Waals surface area (Å²) in [4.78, 5) is 18.1. The number of aliphatic hydroxyl groups excluding tert-OH is 2. The maximum Gasteiger partial charge on any atom is 0.586 e. The molecule has 188 valence electrons. The smallest absolute Gasteiger partial charge is 0.491 e. The highest BCUT2D eigenvalue weighted by molar-refractivity contribution is 5.94. The van der Waals surface area contributed by atoms with Crippen LogP contribution in [0.2, 0.25) is 0 Å². The predicted octanol–water partition coefficient (Wildman–Crippen LogP) is 3.95. The molecule has 1 saturated carbocycles. The van der Waals surface area contributed by atoms with Gasteiger partial charge in [-0.05, 0) is 73.4 Å². The molecule has 0 radical (unpaired) electrons. The van der Waals surface area contributed by atoms with Crippen molar-refractivity contribution in [3.8, 4) is 28.5 Å². The average molecular weight is 497 g/mol. The van der Waals surface area contributed by atoms with E-state index in [1.54, 1.807) is 18.2 Å². The summed E-state index contributed by atoms with van der Waals surface area (Å²) in [6.07, 6.45) is -3.27. The molecular formula is C27H25F2NO6. The number of aliphatic hydroxyl groups is 2. The number of pyridine rings is 1. The second-order valence-electron chi connectivity index (χ2n) is 9.15. The second-order valence-corrected chi connectivity index (χ2v) is 9.15. The molecule has 2 aromatic carbocycles. The number of Topliss-reactive ketones (excluding diaryl/α,β-unsaturated/α-hetero) is 1. The van der Waals surface area contributed by atoms with Crippen molar-refractivity contribution >= 4 is 5.78 Å². The summed E-state index contributed by atoms with van der Waals surface area (Å²) in [5.41, 5.74) is 3.04. The number of carbonyl (C=O) groups excluding carboxylic acids is 1. The van der Waals surface area contributed by atoms with E-state index in [0.29, 0.717) is 29.8 Å². The number of rotatable bonds is 9. The summed E-state index contributed by atoms with van der Waals surface area (Å²) < 4.78 is 41.3. The number of fused-ring (bicyclic) bond motifs is 1. The second kappa shape index (κ2) is 9.15. The van der Waals surface area contributed by atoms with Crippen molar-refractivity contribution < 1.29 is 38.0 Å². The molecule has 2 heterocycles. The summed E-state index contributed by atoms with van der Waals surface area (Å²) in [6.45, 7) is 1.54. The molecular weight excluding hydrogens is 472 g/mol. The molecule has 2 N–H and O–H groups in total. The van der Waals surface area contributed by atoms with Crippen molar-refractivity contribution in [3.63, 3.8) is 0 Å². The predicted molar refractivity (Wildman–Crippen MR) is 125 cm³/mol. The first kappa shape index (κ1) is 24.1. The van der Waals surface area contributed by atoms with Crippen LogP contribution in [0.3, 0.4) is 0 Å². The first-order chi connectivity index (χ1) is 17.2. The van der Waals surface area contributed by atoms with Crippen LogP contribution in [0.1, 0.15) is 29.7 Å². The van der Waals surface area contributed by atoms with Crippen molar-refractivity contribution in [3.05, 3.63) is 71.4 Å². The molecule has 1 aliphatic heterocycles. The standard InChI is InChI=1S/C27H25F2NO6/c1-16-2-6-19(30-25(16)17-3-7-21(8-4-17)34-15-20(32)14-31)13-24(33)26(10-11-26)18-5-9-22-23(12-18)36-27(28,29)35-22/h2-9,12,20,31-32H,10-11,13-15H2,1H3. The van der Waals surface area contributed by atoms with Crippen LogP contribution in [0.4, 0.5) is 8.78 Å². The summed E-state index contributed by atoms with van der Waals surface area (Å²) in [5.74, 6) is 0.414. The zero-order chi connectivity index (χ0) is 25.5. The van der Waals surface area contributed by atoms with Crippen LogP contribution in [0, 0.1) is 6.92 Å². The van der Waals surface area contributed by atoms with Gasteiger partial charge in [0.05, 0.1) is 17.7 Å². The molecule has 1 fully saturated rings. The number of hydrogen-bond donors (Lipinski definition) is 2. The van der Waals surface area contributed by atoms with Gasteiger partial charge >= 0.3 is 6.29 Å². The number of aromatic nitrogens is 1. The number of hydrogen-bond acceptors (Lipinski definition) is 7. The van der Waals surface area contributed by atoms with Crippen LogP contribution < -0.4 is 14.2 Å². The first-order valence-electron chi connectivity index (χ1n) is 11.6. The Morgan fingerprint density at radius 3 is 2.50 bits per heavy atom. The Labute approximate surface area is 206 Å². The Hall–Kier alpha value is -3.56. The van der Waals surface area contributed by atoms with E-state index in [0.717, 1.165) is 16.8 Å². The molecule has 1 aliphatic carbocycles. The maximum absolute atomic E-state index is 13.4. The molecule has 0 saturated heterocycles. The van der Waals surface area contributed by atoms with Gasteiger partial charge < -0.3 is 24.4 Å². The highest BCUT2D eigenvalue weighted by Crippen LogP contribution is 2.52. The molecule has 9 heteroatoms. The van der Waals surface area contributed by atoms with Gasteiger partial charge in [0.25, 0.3) is 0 Å². The lowest BCUT2D eigenvalue weighted by Crippen LogP contribution is -2.26. The third-order valence-electron chi connectivity index (χ3n) is 6.51. The van der Waals surface area contributed by atoms with E-state index in [-0.39, 0.29) is 36.9 Å². The molecule has 36 heavy (non-hydrogen) atoms. The molecule has 3 aromatic rings. The quantitative estimate of drug-likeness (QED) is 0.462. The van der Waals surface area contributed by atoms with Gasteiger partial charge in [-0.25, -0.2) is 0 Å². The van der Waals surface area contributed by atoms with Gasteiger partial charge in [0.2, 0.25) is 0 Å². The normalized spacial score (nSPS) is 17.5. The number of alkyl halides is 2. The fraction of sp³-hybridized carbons (Fsp3) is 0.333. The van der Waals surface area contributed by atoms with Crippen LogP contribution >= 0.6 is 0 Å². The van der Waals surface area contributed by atoms with Crippen LogP contribution in [-0.2, 0) is 16.6 Å². The minimum atomic E-state index is -3.70. The van der Waals surface area contributed by atoms with E-state index < -0.39 is 17.8 Å². The van der Waals surface area contributed by atoms with Gasteiger partial charge in [-0.3, -0.25) is 9.78 Å². The third-order valence-corrected chi connectivity index (χ3v) is 6.51. The van der Waals surface area contributed by atoms with Crippen LogP contribution in [0.15, 0.2) is 54.6 Å². The Bertz CT molecular complexity index is 1290. The van der Waals surface area contributed by atoms with Gasteiger partial charge in [0, 0.05) is 17.7 Å². The molecule has 1 atom stereocenters. The van der Waals surface area contributed by atoms with Crippen molar-refractivity contribution in [1.29, 1.82) is 0 Å². The van der Waals surface area contributed by atoms with Crippen LogP contribution in [0.25, 0.3) is 11.3 Å². The average Bonchev–Trinajstić information content (AvgIpc) is 3.61. The number of benzene rings is 2. The molecule has 2 aliphatic rings. The van der Waals surface area contributed by atoms with Crippen molar-refractivity contribution in [1.82, 2.24) is 4.98 Å². The number of ether oxygens (including phenoxy) is 3. The number of halogens is 2. The Balaban J connectivity index is 1.31. The fourth-order valence-electron chi connectivity index (χ4n) is 4.35. The summed E-state index contributed by atoms with van der Waals surface area (Å²) in [5, 5.41) is 18.3. The Kier molecular flexibility index (Phi) is 6.13. The van der Waals surface area contributed by atoms with Crippen molar-refractivity contribution in [2.24, 2.45) is 0 Å². The SMILES string of the molecule is Cc1ccc(CC(=O)C2(c3ccc4c(c3)OC(F)(F)O4)CC2)nc1-c1ccc(OCC(O)CO)cc1. The summed E-state index contributed by atoms with van der Waals surface area (Å²) >= 11 is 0. The molecule has 1 unspecified atom stereocenters. The lowest BCUT2D eigenvalue weighted by Gasteiger charge is -2.16. The largest absolute Gasteiger partial charge is 0.586 e. The summed E-state index contributed by atoms with van der Waals surface area (Å²) in [6, 6.07) is 15.4. The molecule has 0 amide bonds. The first-order valence-corrected chi connectivity index (χ1v) is 11.6. The van der Waals surface area contributed by atoms with Gasteiger partial charge in [0.15, 0.2) is 11.5 Å². The van der Waals surface area contributed by atoms with Gasteiger partial charge in [-0.15, -0.1) is 8.78 Å².